The molecule has 0 N–H and O–H groups in total. The van der Waals surface area contributed by atoms with Gasteiger partial charge in [-0.25, -0.2) is 4.98 Å². The van der Waals surface area contributed by atoms with Crippen LogP contribution in [0.1, 0.15) is 25.0 Å². The van der Waals surface area contributed by atoms with Gasteiger partial charge in [0.05, 0.1) is 16.7 Å². The Morgan fingerprint density at radius 1 is 0.426 bits per heavy atom. The van der Waals surface area contributed by atoms with Gasteiger partial charge in [0, 0.05) is 27.9 Å². The SMILES string of the molecule is CC1(C)c2ccccc2-c2cc3c4ccccc4c4cc(-c5cccc(-c6ccc7ccc8cccnc8c7n6)c5)ccc4c3cc21. The minimum atomic E-state index is -0.0440. The van der Waals surface area contributed by atoms with Crippen LogP contribution in [-0.4, -0.2) is 9.97 Å². The number of hydrogen-bond acceptors (Lipinski definition) is 2. The summed E-state index contributed by atoms with van der Waals surface area (Å²) in [7, 11) is 0. The van der Waals surface area contributed by atoms with Crippen molar-refractivity contribution in [3.63, 3.8) is 0 Å². The average molecular weight is 599 g/mol. The first-order chi connectivity index (χ1) is 23.0. The Morgan fingerprint density at radius 3 is 1.98 bits per heavy atom. The van der Waals surface area contributed by atoms with Gasteiger partial charge in [0.2, 0.25) is 0 Å². The molecule has 220 valence electrons. The summed E-state index contributed by atoms with van der Waals surface area (Å²) >= 11 is 0. The van der Waals surface area contributed by atoms with Crippen LogP contribution in [0, 0.1) is 0 Å². The molecule has 9 aromatic rings. The molecular weight excluding hydrogens is 569 g/mol. The van der Waals surface area contributed by atoms with Crippen LogP contribution in [-0.2, 0) is 5.41 Å². The van der Waals surface area contributed by atoms with E-state index < -0.39 is 0 Å². The second-order valence-electron chi connectivity index (χ2n) is 13.4. The van der Waals surface area contributed by atoms with Crippen molar-refractivity contribution in [3.8, 4) is 33.5 Å². The van der Waals surface area contributed by atoms with Crippen molar-refractivity contribution in [1.82, 2.24) is 9.97 Å². The number of aromatic nitrogens is 2. The third-order valence-electron chi connectivity index (χ3n) is 10.5. The quantitative estimate of drug-likeness (QED) is 0.185. The average Bonchev–Trinajstić information content (AvgIpc) is 3.36. The second kappa shape index (κ2) is 9.57. The Bertz CT molecular complexity index is 2770. The van der Waals surface area contributed by atoms with Crippen LogP contribution in [0.4, 0.5) is 0 Å². The maximum atomic E-state index is 5.13. The van der Waals surface area contributed by atoms with Gasteiger partial charge in [-0.15, -0.1) is 0 Å². The molecule has 2 aromatic heterocycles. The van der Waals surface area contributed by atoms with Gasteiger partial charge in [-0.2, -0.15) is 0 Å². The lowest BCUT2D eigenvalue weighted by Gasteiger charge is -2.22. The summed E-state index contributed by atoms with van der Waals surface area (Å²) in [6.07, 6.45) is 1.84. The van der Waals surface area contributed by atoms with Crippen molar-refractivity contribution >= 4 is 54.1 Å². The number of hydrogen-bond donors (Lipinski definition) is 0. The molecular formula is C45H30N2. The van der Waals surface area contributed by atoms with E-state index in [1.54, 1.807) is 0 Å². The van der Waals surface area contributed by atoms with Crippen molar-refractivity contribution in [1.29, 1.82) is 0 Å². The summed E-state index contributed by atoms with van der Waals surface area (Å²) in [5.74, 6) is 0. The van der Waals surface area contributed by atoms with E-state index in [9.17, 15) is 0 Å². The molecule has 2 heterocycles. The van der Waals surface area contributed by atoms with Crippen LogP contribution in [0.2, 0.25) is 0 Å². The lowest BCUT2D eigenvalue weighted by molar-refractivity contribution is 0.661. The fourth-order valence-electron chi connectivity index (χ4n) is 8.07. The molecule has 2 heteroatoms. The highest BCUT2D eigenvalue weighted by molar-refractivity contribution is 6.26. The van der Waals surface area contributed by atoms with E-state index in [-0.39, 0.29) is 5.41 Å². The zero-order chi connectivity index (χ0) is 31.3. The fourth-order valence-corrected chi connectivity index (χ4v) is 8.07. The maximum absolute atomic E-state index is 5.13. The molecule has 10 rings (SSSR count). The second-order valence-corrected chi connectivity index (χ2v) is 13.4. The smallest absolute Gasteiger partial charge is 0.0972 e. The van der Waals surface area contributed by atoms with Gasteiger partial charge < -0.3 is 0 Å². The number of rotatable bonds is 2. The topological polar surface area (TPSA) is 25.8 Å². The van der Waals surface area contributed by atoms with E-state index in [1.165, 1.54) is 65.7 Å². The first kappa shape index (κ1) is 26.4. The van der Waals surface area contributed by atoms with Crippen molar-refractivity contribution in [2.45, 2.75) is 19.3 Å². The molecule has 1 aliphatic rings. The Kier molecular flexibility index (Phi) is 5.37. The zero-order valence-electron chi connectivity index (χ0n) is 26.3. The standard InChI is InChI=1S/C45H30N2/c1-45(2)40-15-6-5-14-35(40)39-25-37-33-13-4-3-12-32(33)36-24-30(18-20-34(36)38(37)26-41(39)45)29-9-7-10-31(23-29)42-21-19-28-17-16-27-11-8-22-46-43(27)44(28)47-42/h3-26H,1-2H3. The van der Waals surface area contributed by atoms with Crippen molar-refractivity contribution < 1.29 is 0 Å². The Balaban J connectivity index is 1.16. The molecule has 0 radical (unpaired) electrons. The third-order valence-corrected chi connectivity index (χ3v) is 10.5. The van der Waals surface area contributed by atoms with Gasteiger partial charge in [-0.3, -0.25) is 4.98 Å². The zero-order valence-corrected chi connectivity index (χ0v) is 26.3. The van der Waals surface area contributed by atoms with E-state index in [4.69, 9.17) is 4.98 Å². The molecule has 0 spiro atoms. The van der Waals surface area contributed by atoms with Gasteiger partial charge in [0.15, 0.2) is 0 Å². The van der Waals surface area contributed by atoms with Gasteiger partial charge >= 0.3 is 0 Å². The van der Waals surface area contributed by atoms with Gasteiger partial charge in [-0.05, 0) is 102 Å². The van der Waals surface area contributed by atoms with Crippen LogP contribution in [0.15, 0.2) is 146 Å². The van der Waals surface area contributed by atoms with Crippen LogP contribution < -0.4 is 0 Å². The lowest BCUT2D eigenvalue weighted by atomic mass is 9.81. The molecule has 0 saturated carbocycles. The van der Waals surface area contributed by atoms with Crippen LogP contribution >= 0.6 is 0 Å². The van der Waals surface area contributed by atoms with E-state index in [0.29, 0.717) is 0 Å². The number of nitrogens with zero attached hydrogens (tertiary/aromatic N) is 2. The minimum Gasteiger partial charge on any atom is -0.254 e. The molecule has 1 aliphatic carbocycles. The molecule has 7 aromatic carbocycles. The molecule has 0 aliphatic heterocycles. The molecule has 0 saturated heterocycles. The number of benzene rings is 7. The van der Waals surface area contributed by atoms with E-state index in [0.717, 1.165) is 33.1 Å². The summed E-state index contributed by atoms with van der Waals surface area (Å²) in [5, 5.41) is 10.0. The maximum Gasteiger partial charge on any atom is 0.0972 e. The predicted octanol–water partition coefficient (Wildman–Crippen LogP) is 11.9. The van der Waals surface area contributed by atoms with E-state index in [2.05, 4.69) is 152 Å². The molecule has 2 nitrogen and oxygen atoms in total. The van der Waals surface area contributed by atoms with E-state index >= 15 is 0 Å². The molecule has 0 amide bonds. The van der Waals surface area contributed by atoms with Gasteiger partial charge in [0.1, 0.15) is 0 Å². The van der Waals surface area contributed by atoms with Crippen molar-refractivity contribution in [2.24, 2.45) is 0 Å². The summed E-state index contributed by atoms with van der Waals surface area (Å²) in [4.78, 5) is 9.79. The lowest BCUT2D eigenvalue weighted by Crippen LogP contribution is -2.14. The highest BCUT2D eigenvalue weighted by atomic mass is 14.7. The third kappa shape index (κ3) is 3.79. The van der Waals surface area contributed by atoms with E-state index in [1.807, 2.05) is 12.3 Å². The highest BCUT2D eigenvalue weighted by Crippen LogP contribution is 2.51. The summed E-state index contributed by atoms with van der Waals surface area (Å²) in [5.41, 5.74) is 11.8. The molecule has 0 fully saturated rings. The first-order valence-electron chi connectivity index (χ1n) is 16.3. The Morgan fingerprint density at radius 2 is 1.11 bits per heavy atom. The number of pyridine rings is 2. The monoisotopic (exact) mass is 598 g/mol. The van der Waals surface area contributed by atoms with Gasteiger partial charge in [0.25, 0.3) is 0 Å². The molecule has 47 heavy (non-hydrogen) atoms. The van der Waals surface area contributed by atoms with Crippen LogP contribution in [0.25, 0.3) is 87.6 Å². The first-order valence-corrected chi connectivity index (χ1v) is 16.3. The summed E-state index contributed by atoms with van der Waals surface area (Å²) in [6, 6.07) is 51.1. The number of fused-ring (bicyclic) bond motifs is 12. The Labute approximate surface area is 273 Å². The van der Waals surface area contributed by atoms with Crippen LogP contribution in [0.5, 0.6) is 0 Å². The van der Waals surface area contributed by atoms with Crippen LogP contribution in [0.3, 0.4) is 0 Å². The normalized spacial score (nSPS) is 13.5. The minimum absolute atomic E-state index is 0.0440. The highest BCUT2D eigenvalue weighted by Gasteiger charge is 2.35. The summed E-state index contributed by atoms with van der Waals surface area (Å²) < 4.78 is 0. The van der Waals surface area contributed by atoms with Gasteiger partial charge in [-0.1, -0.05) is 117 Å². The molecule has 0 unspecified atom stereocenters. The fraction of sp³-hybridized carbons (Fsp3) is 0.0667. The van der Waals surface area contributed by atoms with Crippen molar-refractivity contribution in [3.05, 3.63) is 157 Å². The molecule has 0 bridgehead atoms. The Hall–Kier alpha value is -5.86. The predicted molar refractivity (Wildman–Crippen MR) is 198 cm³/mol. The summed E-state index contributed by atoms with van der Waals surface area (Å²) in [6.45, 7) is 4.72. The largest absolute Gasteiger partial charge is 0.254 e. The molecule has 0 atom stereocenters. The van der Waals surface area contributed by atoms with Crippen molar-refractivity contribution in [2.75, 3.05) is 0 Å².